The molecule has 2 aliphatic heterocycles. The summed E-state index contributed by atoms with van der Waals surface area (Å²) in [5.41, 5.74) is -14.6. The Morgan fingerprint density at radius 1 is 0.584 bits per heavy atom. The molecule has 6 aromatic carbocycles. The van der Waals surface area contributed by atoms with Gasteiger partial charge in [0.15, 0.2) is 25.2 Å². The van der Waals surface area contributed by atoms with E-state index < -0.39 is 126 Å². The van der Waals surface area contributed by atoms with Crippen molar-refractivity contribution < 1.29 is 88.6 Å². The second kappa shape index (κ2) is 21.6. The number of rotatable bonds is 15. The van der Waals surface area contributed by atoms with Gasteiger partial charge in [-0.2, -0.15) is 63.2 Å². The lowest BCUT2D eigenvalue weighted by atomic mass is 9.75. The van der Waals surface area contributed by atoms with Crippen molar-refractivity contribution in [1.82, 2.24) is 10.2 Å². The molecule has 3 N–H and O–H groups in total. The van der Waals surface area contributed by atoms with Crippen molar-refractivity contribution in [2.24, 2.45) is 11.8 Å². The summed E-state index contributed by atoms with van der Waals surface area (Å²) in [6.07, 6.45) is -25.6. The van der Waals surface area contributed by atoms with Crippen LogP contribution in [0.1, 0.15) is 82.2 Å². The van der Waals surface area contributed by atoms with E-state index in [9.17, 15) is 84.8 Å². The van der Waals surface area contributed by atoms with Gasteiger partial charge in [0.05, 0.1) is 45.9 Å². The number of hydrogen-bond donors (Lipinski definition) is 3. The molecule has 0 saturated heterocycles. The second-order valence-corrected chi connectivity index (χ2v) is 26.7. The number of amides is 3. The van der Waals surface area contributed by atoms with Crippen LogP contribution in [0.4, 0.5) is 68.9 Å². The topological polar surface area (TPSA) is 216 Å². The van der Waals surface area contributed by atoms with Gasteiger partial charge in [0.25, 0.3) is 22.6 Å². The first-order chi connectivity index (χ1) is 41.7. The molecule has 3 amide bonds. The molecule has 0 radical (unpaired) electrons. The minimum absolute atomic E-state index is 0.0354. The Labute approximate surface area is 499 Å². The van der Waals surface area contributed by atoms with Crippen LogP contribution in [0.5, 0.6) is 0 Å². The zero-order valence-electron chi connectivity index (χ0n) is 45.7. The Morgan fingerprint density at radius 2 is 1.02 bits per heavy atom. The molecule has 14 nitrogen and oxygen atoms in total. The van der Waals surface area contributed by atoms with Gasteiger partial charge in [-0.1, -0.05) is 84.9 Å². The van der Waals surface area contributed by atoms with Gasteiger partial charge in [-0.15, -0.1) is 0 Å². The number of nitrogens with zero attached hydrogens (tertiary/aromatic N) is 3. The number of nitrogens with one attached hydrogen (secondary N) is 3. The van der Waals surface area contributed by atoms with E-state index in [2.05, 4.69) is 16.0 Å². The molecule has 5 aliphatic rings. The molecule has 28 heteroatoms. The molecule has 464 valence electrons. The molecule has 2 saturated carbocycles. The maximum absolute atomic E-state index is 15.9. The monoisotopic (exact) mass is 1280 g/mol. The highest BCUT2D eigenvalue weighted by Gasteiger charge is 2.74. The predicted octanol–water partition coefficient (Wildman–Crippen LogP) is 12.3. The molecule has 2 fully saturated rings. The number of sulfone groups is 2. The summed E-state index contributed by atoms with van der Waals surface area (Å²) < 4.78 is 233. The van der Waals surface area contributed by atoms with Crippen LogP contribution in [-0.2, 0) is 63.5 Å². The van der Waals surface area contributed by atoms with E-state index in [1.807, 2.05) is 0 Å². The first kappa shape index (κ1) is 62.1. The molecule has 2 heterocycles. The number of carbonyl (C=O) groups is 3. The molecule has 3 unspecified atom stereocenters. The van der Waals surface area contributed by atoms with Crippen LogP contribution in [0.25, 0.3) is 11.1 Å². The highest BCUT2D eigenvalue weighted by atomic mass is 32.2. The third-order valence-electron chi connectivity index (χ3n) is 17.0. The van der Waals surface area contributed by atoms with Crippen molar-refractivity contribution in [3.63, 3.8) is 0 Å². The fourth-order valence-electron chi connectivity index (χ4n) is 12.2. The van der Waals surface area contributed by atoms with E-state index in [-0.39, 0.29) is 61.9 Å². The Morgan fingerprint density at radius 3 is 1.47 bits per heavy atom. The third-order valence-corrected chi connectivity index (χ3v) is 20.8. The van der Waals surface area contributed by atoms with Crippen LogP contribution in [0.15, 0.2) is 143 Å². The van der Waals surface area contributed by atoms with Crippen LogP contribution >= 0.6 is 0 Å². The highest BCUT2D eigenvalue weighted by Crippen LogP contribution is 2.56. The van der Waals surface area contributed by atoms with Gasteiger partial charge in [0.1, 0.15) is 12.1 Å². The van der Waals surface area contributed by atoms with E-state index in [1.54, 1.807) is 48.5 Å². The first-order valence-electron chi connectivity index (χ1n) is 27.3. The maximum Gasteiger partial charge on any atom is 0.420 e. The summed E-state index contributed by atoms with van der Waals surface area (Å²) in [7, 11) is -8.01. The quantitative estimate of drug-likeness (QED) is 0.0822. The number of hydrogen-bond acceptors (Lipinski definition) is 11. The van der Waals surface area contributed by atoms with Crippen LogP contribution < -0.4 is 16.0 Å². The minimum atomic E-state index is -6.20. The molecule has 3 atom stereocenters. The van der Waals surface area contributed by atoms with Crippen molar-refractivity contribution in [3.05, 3.63) is 178 Å². The number of benzene rings is 6. The number of carbonyl (C=O) groups excluding carboxylic acids is 3. The maximum atomic E-state index is 15.9. The summed E-state index contributed by atoms with van der Waals surface area (Å²) >= 11 is 0. The van der Waals surface area contributed by atoms with Crippen molar-refractivity contribution in [2.45, 2.75) is 108 Å². The summed E-state index contributed by atoms with van der Waals surface area (Å²) in [5.74, 6) is -4.44. The summed E-state index contributed by atoms with van der Waals surface area (Å²) in [4.78, 5) is 47.0. The fourth-order valence-corrected chi connectivity index (χ4v) is 15.7. The normalized spacial score (nSPS) is 19.0. The first-order valence-corrected chi connectivity index (χ1v) is 30.6. The second-order valence-electron chi connectivity index (χ2n) is 22.6. The van der Waals surface area contributed by atoms with Gasteiger partial charge in [-0.05, 0) is 142 Å². The van der Waals surface area contributed by atoms with Crippen LogP contribution in [-0.4, -0.2) is 82.0 Å². The number of anilines is 2. The molecular weight excluding hydrogens is 1240 g/mol. The lowest BCUT2D eigenvalue weighted by molar-refractivity contribution is -0.284. The third kappa shape index (κ3) is 10.5. The van der Waals surface area contributed by atoms with E-state index in [4.69, 9.17) is 4.74 Å². The molecule has 89 heavy (non-hydrogen) atoms. The van der Waals surface area contributed by atoms with E-state index in [1.165, 1.54) is 36.4 Å². The minimum Gasteiger partial charge on any atom is -0.442 e. The molecule has 11 rings (SSSR count). The smallest absolute Gasteiger partial charge is 0.420 e. The average molecular weight is 1280 g/mol. The molecular formula is C61H46F12N6O8S2. The van der Waals surface area contributed by atoms with Gasteiger partial charge >= 0.3 is 30.8 Å². The van der Waals surface area contributed by atoms with Gasteiger partial charge in [-0.3, -0.25) is 19.8 Å². The molecule has 3 aliphatic carbocycles. The summed E-state index contributed by atoms with van der Waals surface area (Å²) in [6, 6.07) is 23.4. The largest absolute Gasteiger partial charge is 0.442 e. The lowest BCUT2D eigenvalue weighted by Crippen LogP contribution is -2.60. The van der Waals surface area contributed by atoms with Crippen molar-refractivity contribution >= 4 is 49.0 Å². The lowest BCUT2D eigenvalue weighted by Gasteiger charge is -2.41. The van der Waals surface area contributed by atoms with Gasteiger partial charge in [0.2, 0.25) is 0 Å². The number of alkyl halides is 12. The van der Waals surface area contributed by atoms with Crippen LogP contribution in [0, 0.1) is 34.5 Å². The Bertz CT molecular complexity index is 4120. The number of halogens is 12. The van der Waals surface area contributed by atoms with Gasteiger partial charge in [0, 0.05) is 17.9 Å². The predicted molar refractivity (Wildman–Crippen MR) is 292 cm³/mol. The van der Waals surface area contributed by atoms with Gasteiger partial charge < -0.3 is 15.4 Å². The average Bonchev–Trinajstić information content (AvgIpc) is 1.33. The highest BCUT2D eigenvalue weighted by molar-refractivity contribution is 7.91. The Hall–Kier alpha value is -8.47. The van der Waals surface area contributed by atoms with Crippen molar-refractivity contribution in [1.29, 1.82) is 10.5 Å². The zero-order chi connectivity index (χ0) is 64.2. The van der Waals surface area contributed by atoms with E-state index in [0.717, 1.165) is 4.90 Å². The molecule has 0 bridgehead atoms. The van der Waals surface area contributed by atoms with Crippen LogP contribution in [0.3, 0.4) is 0 Å². The number of fused-ring (bicyclic) bond motifs is 5. The zero-order valence-corrected chi connectivity index (χ0v) is 47.3. The summed E-state index contributed by atoms with van der Waals surface area (Å²) in [5, 5.41) is 26.9. The fraction of sp³-hybridized carbons (Fsp3) is 0.328. The van der Waals surface area contributed by atoms with E-state index >= 15 is 9.59 Å². The Balaban J connectivity index is 1.05. The molecule has 0 spiro atoms. The number of nitriles is 2. The van der Waals surface area contributed by atoms with Crippen molar-refractivity contribution in [2.75, 3.05) is 22.1 Å². The van der Waals surface area contributed by atoms with Gasteiger partial charge in [-0.25, -0.2) is 21.6 Å². The number of ether oxygens (including phenoxy) is 1. The molecule has 0 aromatic heterocycles. The van der Waals surface area contributed by atoms with Crippen LogP contribution in [0.2, 0.25) is 0 Å². The van der Waals surface area contributed by atoms with Crippen molar-refractivity contribution in [3.8, 4) is 23.3 Å². The standard InChI is InChI=1S/C61H46F12N6O8S2/c62-58(63,64)55(31-74,59(65,66)67)37-13-17-39(18-14-37)77-52(80)50-43-23-21-41(88(83,84)29-33-9-10-33)26-36(43)28-79(50)54(82)87-51(49-46-7-3-1-5-44(46)45-6-2-4-8-47(45)49)57(48-24-22-42(25-35(48)27-76-57)89(85,86)30-34-11-12-34)53(81)78-40-19-15-38(16-20-40)56(32-75,60(68,69)70)61(71,72)73/h1-8,13-26,33-34,49-51,76H,9-12,27-30H2,(H,77,80)(H,78,81). The summed E-state index contributed by atoms with van der Waals surface area (Å²) in [6.45, 7) is -1.03. The Kier molecular flexibility index (Phi) is 15.1. The van der Waals surface area contributed by atoms with E-state index in [0.29, 0.717) is 109 Å². The SMILES string of the molecule is N#CC(c1ccc(NC(=O)C2c3ccc(S(=O)(=O)CC4CC4)cc3CN2C(=O)OC(C2c3ccccc3-c3ccccc32)C2(C(=O)Nc3ccc(C(C#N)(C(F)(F)F)C(F)(F)F)cc3)NCc3cc(S(=O)(=O)CC4CC4)ccc32)cc1)(C(F)(F)F)C(F)(F)F. The molecule has 6 aromatic rings.